The van der Waals surface area contributed by atoms with Crippen molar-refractivity contribution in [3.8, 4) is 5.75 Å². The van der Waals surface area contributed by atoms with Gasteiger partial charge in [-0.3, -0.25) is 9.78 Å². The summed E-state index contributed by atoms with van der Waals surface area (Å²) < 4.78 is 11.9. The summed E-state index contributed by atoms with van der Waals surface area (Å²) in [5, 5.41) is 2.17. The van der Waals surface area contributed by atoms with Gasteiger partial charge in [-0.25, -0.2) is 4.84 Å². The van der Waals surface area contributed by atoms with E-state index in [1.807, 2.05) is 52.0 Å². The zero-order valence-electron chi connectivity index (χ0n) is 21.4. The van der Waals surface area contributed by atoms with Crippen LogP contribution in [0.15, 0.2) is 30.5 Å². The first-order chi connectivity index (χ1) is 17.0. The zero-order valence-corrected chi connectivity index (χ0v) is 22.2. The lowest BCUT2D eigenvalue weighted by Gasteiger charge is -2.27. The van der Waals surface area contributed by atoms with Gasteiger partial charge in [-0.2, -0.15) is 0 Å². The molecule has 4 rings (SSSR count). The molecule has 0 saturated heterocycles. The van der Waals surface area contributed by atoms with Crippen molar-refractivity contribution in [2.45, 2.75) is 77.7 Å². The Labute approximate surface area is 216 Å². The molecule has 2 aliphatic rings. The van der Waals surface area contributed by atoms with Crippen molar-refractivity contribution in [1.29, 1.82) is 0 Å². The fraction of sp³-hybridized carbons (Fsp3) is 0.538. The summed E-state index contributed by atoms with van der Waals surface area (Å²) in [6, 6.07) is 7.51. The van der Waals surface area contributed by atoms with Gasteiger partial charge in [-0.1, -0.05) is 23.7 Å². The molecule has 1 saturated carbocycles. The topological polar surface area (TPSA) is 93.0 Å². The number of carbonyl (C=O) groups excluding carboxylic acids is 1. The Hall–Kier alpha value is -2.75. The summed E-state index contributed by atoms with van der Waals surface area (Å²) in [5.74, 6) is -0.0242. The molecular formula is C26H34ClN4O5+. The minimum Gasteiger partial charge on any atom is -0.424 e. The minimum atomic E-state index is -0.343. The van der Waals surface area contributed by atoms with Crippen molar-refractivity contribution in [1.82, 2.24) is 15.6 Å². The number of benzene rings is 1. The quantitative estimate of drug-likeness (QED) is 0.312. The summed E-state index contributed by atoms with van der Waals surface area (Å²) in [5.41, 5.74) is 5.50. The van der Waals surface area contributed by atoms with E-state index in [1.165, 1.54) is 5.01 Å². The maximum Gasteiger partial charge on any atom is 0.314 e. The van der Waals surface area contributed by atoms with E-state index in [0.29, 0.717) is 53.7 Å². The molecule has 2 aromatic rings. The Morgan fingerprint density at radius 3 is 2.50 bits per heavy atom. The highest BCUT2D eigenvalue weighted by atomic mass is 35.5. The fourth-order valence-corrected chi connectivity index (χ4v) is 4.51. The summed E-state index contributed by atoms with van der Waals surface area (Å²) in [6.07, 6.45) is 3.88. The predicted molar refractivity (Wildman–Crippen MR) is 134 cm³/mol. The van der Waals surface area contributed by atoms with Gasteiger partial charge in [0.25, 0.3) is 4.98 Å². The maximum atomic E-state index is 13.1. The number of aromatic nitrogens is 1. The van der Waals surface area contributed by atoms with Crippen LogP contribution in [0.4, 0.5) is 0 Å². The number of ether oxygens (including phenoxy) is 2. The van der Waals surface area contributed by atoms with Crippen molar-refractivity contribution in [2.24, 2.45) is 5.92 Å². The number of hydrazine groups is 2. The molecule has 0 unspecified atom stereocenters. The van der Waals surface area contributed by atoms with Crippen LogP contribution in [0.3, 0.4) is 0 Å². The van der Waals surface area contributed by atoms with Gasteiger partial charge in [-0.05, 0) is 71.1 Å². The molecule has 1 aliphatic carbocycles. The van der Waals surface area contributed by atoms with E-state index in [0.717, 1.165) is 16.7 Å². The molecule has 1 aromatic carbocycles. The summed E-state index contributed by atoms with van der Waals surface area (Å²) >= 11 is 6.02. The molecule has 0 bridgehead atoms. The Bertz CT molecular complexity index is 1110. The first-order valence-corrected chi connectivity index (χ1v) is 12.6. The number of aryl methyl sites for hydroxylation is 1. The molecule has 194 valence electrons. The monoisotopic (exact) mass is 517 g/mol. The number of esters is 1. The molecule has 1 aromatic heterocycles. The standard InChI is InChI=1S/C26H34ClN4O5/c1-16-23(22-15-34-24(21(22)14-28-16)17-6-10-19(27)11-7-17)35-25(32)18-8-12-20(13-9-18)36-29-31(33)30(5)26(2,3)4/h6-7,10-11,14,18,20,24H,8-9,12-13,15H2,1-5H3,(H,29,33)/q+1/t18?,20?,24-/m0/s1. The smallest absolute Gasteiger partial charge is 0.314 e. The molecular weight excluding hydrogens is 484 g/mol. The van der Waals surface area contributed by atoms with E-state index < -0.39 is 0 Å². The number of nitroso groups, excluding NO2 is 1. The SMILES string of the molecule is Cc1ncc2c(c1OC(=O)C1CCC(ON[N+](=O)N(C)C(C)(C)C)CC1)CO[C@H]2c1ccc(Cl)cc1. The second-order valence-corrected chi connectivity index (χ2v) is 10.9. The highest BCUT2D eigenvalue weighted by Crippen LogP contribution is 2.41. The molecule has 10 heteroatoms. The van der Waals surface area contributed by atoms with Crippen LogP contribution in [0.1, 0.15) is 74.9 Å². The summed E-state index contributed by atoms with van der Waals surface area (Å²) in [7, 11) is 1.69. The third-order valence-corrected chi connectivity index (χ3v) is 7.20. The lowest BCUT2D eigenvalue weighted by molar-refractivity contribution is -0.797. The van der Waals surface area contributed by atoms with Crippen LogP contribution in [0.25, 0.3) is 0 Å². The van der Waals surface area contributed by atoms with E-state index in [9.17, 15) is 9.70 Å². The number of nitrogens with zero attached hydrogens (tertiary/aromatic N) is 3. The van der Waals surface area contributed by atoms with E-state index in [1.54, 1.807) is 13.2 Å². The number of fused-ring (bicyclic) bond motifs is 1. The molecule has 36 heavy (non-hydrogen) atoms. The van der Waals surface area contributed by atoms with Gasteiger partial charge in [0.15, 0.2) is 5.75 Å². The van der Waals surface area contributed by atoms with Gasteiger partial charge in [0, 0.05) is 27.9 Å². The van der Waals surface area contributed by atoms with Gasteiger partial charge in [0.05, 0.1) is 41.8 Å². The second-order valence-electron chi connectivity index (χ2n) is 10.4. The van der Waals surface area contributed by atoms with E-state index >= 15 is 0 Å². The molecule has 1 N–H and O–H groups in total. The number of pyridine rings is 1. The normalized spacial score (nSPS) is 21.6. The Kier molecular flexibility index (Phi) is 7.82. The Morgan fingerprint density at radius 1 is 1.19 bits per heavy atom. The van der Waals surface area contributed by atoms with Crippen LogP contribution in [-0.2, 0) is 21.0 Å². The van der Waals surface area contributed by atoms with Crippen LogP contribution in [0.5, 0.6) is 5.75 Å². The first kappa shape index (κ1) is 26.3. The second kappa shape index (κ2) is 10.7. The van der Waals surface area contributed by atoms with E-state index in [4.69, 9.17) is 25.9 Å². The fourth-order valence-electron chi connectivity index (χ4n) is 4.39. The van der Waals surface area contributed by atoms with Crippen molar-refractivity contribution in [3.05, 3.63) is 62.8 Å². The maximum absolute atomic E-state index is 13.1. The highest BCUT2D eigenvalue weighted by Gasteiger charge is 2.35. The number of hydrogen-bond acceptors (Lipinski definition) is 6. The molecule has 0 amide bonds. The third-order valence-electron chi connectivity index (χ3n) is 6.95. The van der Waals surface area contributed by atoms with Gasteiger partial charge in [0.1, 0.15) is 6.10 Å². The predicted octanol–water partition coefficient (Wildman–Crippen LogP) is 4.99. The largest absolute Gasteiger partial charge is 0.424 e. The van der Waals surface area contributed by atoms with Crippen molar-refractivity contribution in [2.75, 3.05) is 7.05 Å². The highest BCUT2D eigenvalue weighted by molar-refractivity contribution is 6.30. The first-order valence-electron chi connectivity index (χ1n) is 12.2. The van der Waals surface area contributed by atoms with Crippen molar-refractivity contribution >= 4 is 17.6 Å². The van der Waals surface area contributed by atoms with Gasteiger partial charge >= 0.3 is 5.97 Å². The number of carbonyl (C=O) groups is 1. The molecule has 9 nitrogen and oxygen atoms in total. The van der Waals surface area contributed by atoms with Crippen LogP contribution >= 0.6 is 11.6 Å². The van der Waals surface area contributed by atoms with Crippen molar-refractivity contribution < 1.29 is 24.1 Å². The number of halogens is 1. The molecule has 1 aliphatic heterocycles. The number of rotatable bonds is 7. The average Bonchev–Trinajstić information content (AvgIpc) is 3.28. The molecule has 0 radical (unpaired) electrons. The average molecular weight is 518 g/mol. The lowest BCUT2D eigenvalue weighted by atomic mass is 9.87. The van der Waals surface area contributed by atoms with Crippen LogP contribution in [0.2, 0.25) is 5.02 Å². The Morgan fingerprint density at radius 2 is 1.86 bits per heavy atom. The number of nitrogens with one attached hydrogen (secondary N) is 1. The van der Waals surface area contributed by atoms with Crippen LogP contribution < -0.4 is 10.3 Å². The minimum absolute atomic E-state index is 0.156. The zero-order chi connectivity index (χ0) is 26.0. The molecule has 1 atom stereocenters. The summed E-state index contributed by atoms with van der Waals surface area (Å²) in [6.45, 7) is 7.97. The molecule has 1 fully saturated rings. The third kappa shape index (κ3) is 5.79. The van der Waals surface area contributed by atoms with Gasteiger partial charge in [-0.15, -0.1) is 5.01 Å². The Balaban J connectivity index is 1.34. The van der Waals surface area contributed by atoms with E-state index in [-0.39, 0.29) is 29.6 Å². The van der Waals surface area contributed by atoms with Crippen LogP contribution in [0, 0.1) is 17.7 Å². The van der Waals surface area contributed by atoms with Crippen LogP contribution in [-0.4, -0.2) is 39.6 Å². The molecule has 0 spiro atoms. The van der Waals surface area contributed by atoms with E-state index in [2.05, 4.69) is 10.6 Å². The summed E-state index contributed by atoms with van der Waals surface area (Å²) in [4.78, 5) is 35.9. The lowest BCUT2D eigenvalue weighted by Crippen LogP contribution is -2.50. The van der Waals surface area contributed by atoms with Gasteiger partial charge < -0.3 is 9.47 Å². The molecule has 2 heterocycles. The number of hydrogen-bond donors (Lipinski definition) is 1. The van der Waals surface area contributed by atoms with Gasteiger partial charge in [0.2, 0.25) is 0 Å². The van der Waals surface area contributed by atoms with Crippen molar-refractivity contribution in [3.63, 3.8) is 0 Å².